The van der Waals surface area contributed by atoms with Crippen LogP contribution in [0.5, 0.6) is 0 Å². The zero-order valence-corrected chi connectivity index (χ0v) is 9.35. The monoisotopic (exact) mass is 217 g/mol. The molecule has 0 saturated carbocycles. The van der Waals surface area contributed by atoms with Gasteiger partial charge in [-0.15, -0.1) is 0 Å². The molecule has 3 heteroatoms. The summed E-state index contributed by atoms with van der Waals surface area (Å²) in [6.45, 7) is 1.93. The Bertz CT molecular complexity index is 412. The predicted octanol–water partition coefficient (Wildman–Crippen LogP) is 2.14. The molecule has 3 heterocycles. The molecule has 16 heavy (non-hydrogen) atoms. The van der Waals surface area contributed by atoms with Gasteiger partial charge in [0.1, 0.15) is 0 Å². The van der Waals surface area contributed by atoms with Gasteiger partial charge >= 0.3 is 0 Å². The summed E-state index contributed by atoms with van der Waals surface area (Å²) < 4.78 is 5.71. The van der Waals surface area contributed by atoms with E-state index in [0.717, 1.165) is 30.5 Å². The van der Waals surface area contributed by atoms with Crippen molar-refractivity contribution in [3.05, 3.63) is 29.6 Å². The highest BCUT2D eigenvalue weighted by atomic mass is 16.5. The van der Waals surface area contributed by atoms with E-state index in [-0.39, 0.29) is 17.8 Å². The van der Waals surface area contributed by atoms with Crippen LogP contribution in [-0.4, -0.2) is 23.0 Å². The van der Waals surface area contributed by atoms with Crippen LogP contribution >= 0.6 is 0 Å². The molecule has 1 aromatic heterocycles. The number of carbonyl (C=O) groups excluding carboxylic acids is 1. The molecule has 2 aliphatic rings. The summed E-state index contributed by atoms with van der Waals surface area (Å²) >= 11 is 0. The first-order valence-corrected chi connectivity index (χ1v) is 5.86. The summed E-state index contributed by atoms with van der Waals surface area (Å²) in [5.74, 6) is 0.281. The van der Waals surface area contributed by atoms with Crippen LogP contribution < -0.4 is 0 Å². The van der Waals surface area contributed by atoms with E-state index in [4.69, 9.17) is 4.74 Å². The van der Waals surface area contributed by atoms with Gasteiger partial charge in [0.2, 0.25) is 0 Å². The van der Waals surface area contributed by atoms with Crippen LogP contribution in [0.25, 0.3) is 0 Å². The van der Waals surface area contributed by atoms with Gasteiger partial charge < -0.3 is 4.74 Å². The predicted molar refractivity (Wildman–Crippen MR) is 59.3 cm³/mol. The number of nitrogens with zero attached hydrogens (tertiary/aromatic N) is 1. The molecular weight excluding hydrogens is 202 g/mol. The fourth-order valence-corrected chi connectivity index (χ4v) is 2.74. The molecule has 2 fully saturated rings. The van der Waals surface area contributed by atoms with Crippen molar-refractivity contribution >= 4 is 5.78 Å². The minimum Gasteiger partial charge on any atom is -0.374 e. The highest BCUT2D eigenvalue weighted by molar-refractivity contribution is 5.98. The Morgan fingerprint density at radius 3 is 2.88 bits per heavy atom. The van der Waals surface area contributed by atoms with Gasteiger partial charge in [0.15, 0.2) is 5.78 Å². The van der Waals surface area contributed by atoms with Crippen molar-refractivity contribution in [2.24, 2.45) is 5.92 Å². The topological polar surface area (TPSA) is 39.2 Å². The maximum Gasteiger partial charge on any atom is 0.170 e. The van der Waals surface area contributed by atoms with E-state index in [1.165, 1.54) is 0 Å². The molecule has 3 unspecified atom stereocenters. The molecule has 2 aliphatic heterocycles. The molecule has 3 rings (SSSR count). The molecule has 0 aromatic carbocycles. The SMILES string of the molecule is Cc1ccc(C(=O)C2CC3CCC2O3)cn1. The van der Waals surface area contributed by atoms with Gasteiger partial charge in [0, 0.05) is 17.5 Å². The highest BCUT2D eigenvalue weighted by Gasteiger charge is 2.44. The van der Waals surface area contributed by atoms with Gasteiger partial charge in [0.25, 0.3) is 0 Å². The Hall–Kier alpha value is -1.22. The molecule has 3 atom stereocenters. The first-order chi connectivity index (χ1) is 7.74. The van der Waals surface area contributed by atoms with Crippen molar-refractivity contribution in [1.82, 2.24) is 4.98 Å². The normalized spacial score (nSPS) is 31.9. The number of carbonyl (C=O) groups is 1. The van der Waals surface area contributed by atoms with E-state index in [9.17, 15) is 4.79 Å². The average molecular weight is 217 g/mol. The van der Waals surface area contributed by atoms with Crippen LogP contribution in [0.1, 0.15) is 35.3 Å². The molecular formula is C13H15NO2. The Labute approximate surface area is 94.8 Å². The zero-order chi connectivity index (χ0) is 11.1. The van der Waals surface area contributed by atoms with E-state index < -0.39 is 0 Å². The lowest BCUT2D eigenvalue weighted by atomic mass is 9.84. The smallest absolute Gasteiger partial charge is 0.170 e. The molecule has 0 aliphatic carbocycles. The van der Waals surface area contributed by atoms with Crippen molar-refractivity contribution in [3.63, 3.8) is 0 Å². The van der Waals surface area contributed by atoms with Crippen molar-refractivity contribution < 1.29 is 9.53 Å². The van der Waals surface area contributed by atoms with Gasteiger partial charge in [-0.3, -0.25) is 9.78 Å². The Balaban J connectivity index is 1.80. The first kappa shape index (κ1) is 9.97. The summed E-state index contributed by atoms with van der Waals surface area (Å²) in [5.41, 5.74) is 1.67. The van der Waals surface area contributed by atoms with E-state index in [1.807, 2.05) is 19.1 Å². The quantitative estimate of drug-likeness (QED) is 0.712. The number of hydrogen-bond donors (Lipinski definition) is 0. The second kappa shape index (κ2) is 3.67. The number of rotatable bonds is 2. The average Bonchev–Trinajstić information content (AvgIpc) is 2.91. The van der Waals surface area contributed by atoms with Crippen LogP contribution in [0, 0.1) is 12.8 Å². The first-order valence-electron chi connectivity index (χ1n) is 5.86. The largest absolute Gasteiger partial charge is 0.374 e. The van der Waals surface area contributed by atoms with Crippen LogP contribution in [0.3, 0.4) is 0 Å². The van der Waals surface area contributed by atoms with Crippen molar-refractivity contribution in [3.8, 4) is 0 Å². The third kappa shape index (κ3) is 1.55. The van der Waals surface area contributed by atoms with E-state index in [1.54, 1.807) is 6.20 Å². The number of hydrogen-bond acceptors (Lipinski definition) is 3. The van der Waals surface area contributed by atoms with E-state index >= 15 is 0 Å². The lowest BCUT2D eigenvalue weighted by molar-refractivity contribution is 0.0743. The number of aromatic nitrogens is 1. The fraction of sp³-hybridized carbons (Fsp3) is 0.538. The Kier molecular flexibility index (Phi) is 2.28. The third-order valence-corrected chi connectivity index (χ3v) is 3.64. The second-order valence-corrected chi connectivity index (χ2v) is 4.77. The molecule has 84 valence electrons. The zero-order valence-electron chi connectivity index (χ0n) is 9.35. The molecule has 3 nitrogen and oxygen atoms in total. The number of Topliss-reactive ketones (excluding diaryl/α,β-unsaturated/α-hetero) is 1. The molecule has 1 aromatic rings. The number of aryl methyl sites for hydroxylation is 1. The Morgan fingerprint density at radius 1 is 1.44 bits per heavy atom. The maximum atomic E-state index is 12.2. The highest BCUT2D eigenvalue weighted by Crippen LogP contribution is 2.40. The van der Waals surface area contributed by atoms with Gasteiger partial charge in [-0.2, -0.15) is 0 Å². The number of pyridine rings is 1. The number of ketones is 1. The van der Waals surface area contributed by atoms with Gasteiger partial charge in [-0.1, -0.05) is 0 Å². The molecule has 2 bridgehead atoms. The minimum atomic E-state index is 0.0725. The number of ether oxygens (including phenoxy) is 1. The molecule has 0 radical (unpaired) electrons. The van der Waals surface area contributed by atoms with Gasteiger partial charge in [-0.25, -0.2) is 0 Å². The van der Waals surface area contributed by atoms with Crippen LogP contribution in [0.2, 0.25) is 0 Å². The van der Waals surface area contributed by atoms with Gasteiger partial charge in [-0.05, 0) is 38.3 Å². The van der Waals surface area contributed by atoms with Crippen LogP contribution in [0.4, 0.5) is 0 Å². The van der Waals surface area contributed by atoms with Crippen molar-refractivity contribution in [1.29, 1.82) is 0 Å². The van der Waals surface area contributed by atoms with Gasteiger partial charge in [0.05, 0.1) is 18.1 Å². The maximum absolute atomic E-state index is 12.2. The number of fused-ring (bicyclic) bond motifs is 2. The summed E-state index contributed by atoms with van der Waals surface area (Å²) in [7, 11) is 0. The molecule has 0 amide bonds. The molecule has 0 N–H and O–H groups in total. The van der Waals surface area contributed by atoms with Crippen LogP contribution in [0.15, 0.2) is 18.3 Å². The van der Waals surface area contributed by atoms with E-state index in [0.29, 0.717) is 6.10 Å². The lowest BCUT2D eigenvalue weighted by Crippen LogP contribution is -2.25. The van der Waals surface area contributed by atoms with E-state index in [2.05, 4.69) is 4.98 Å². The molecule has 0 spiro atoms. The standard InChI is InChI=1S/C13H15NO2/c1-8-2-3-9(7-14-8)13(15)11-6-10-4-5-12(11)16-10/h2-3,7,10-12H,4-6H2,1H3. The Morgan fingerprint density at radius 2 is 2.31 bits per heavy atom. The summed E-state index contributed by atoms with van der Waals surface area (Å²) in [6, 6.07) is 3.76. The summed E-state index contributed by atoms with van der Waals surface area (Å²) in [6.07, 6.45) is 5.25. The fourth-order valence-electron chi connectivity index (χ4n) is 2.74. The lowest BCUT2D eigenvalue weighted by Gasteiger charge is -2.16. The summed E-state index contributed by atoms with van der Waals surface area (Å²) in [5, 5.41) is 0. The van der Waals surface area contributed by atoms with Crippen molar-refractivity contribution in [2.75, 3.05) is 0 Å². The van der Waals surface area contributed by atoms with Crippen LogP contribution in [-0.2, 0) is 4.74 Å². The summed E-state index contributed by atoms with van der Waals surface area (Å²) in [4.78, 5) is 16.4. The van der Waals surface area contributed by atoms with Crippen molar-refractivity contribution in [2.45, 2.75) is 38.4 Å². The minimum absolute atomic E-state index is 0.0725. The molecule has 2 saturated heterocycles. The third-order valence-electron chi connectivity index (χ3n) is 3.64. The second-order valence-electron chi connectivity index (χ2n) is 4.77.